The van der Waals surface area contributed by atoms with Gasteiger partial charge in [0.2, 0.25) is 5.91 Å². The highest BCUT2D eigenvalue weighted by atomic mass is 32.2. The van der Waals surface area contributed by atoms with E-state index in [9.17, 15) is 27.1 Å². The topological polar surface area (TPSA) is 113 Å². The predicted molar refractivity (Wildman–Crippen MR) is 138 cm³/mol. The van der Waals surface area contributed by atoms with E-state index in [0.29, 0.717) is 25.3 Å². The molecule has 7 nitrogen and oxygen atoms in total. The lowest BCUT2D eigenvalue weighted by Gasteiger charge is -2.26. The fraction of sp³-hybridized carbons (Fsp3) is 0.400. The molecule has 0 bridgehead atoms. The van der Waals surface area contributed by atoms with Crippen molar-refractivity contribution in [3.8, 4) is 0 Å². The fourth-order valence-electron chi connectivity index (χ4n) is 4.19. The predicted octanol–water partition coefficient (Wildman–Crippen LogP) is 3.05. The van der Waals surface area contributed by atoms with E-state index in [4.69, 9.17) is 5.73 Å². The van der Waals surface area contributed by atoms with Crippen LogP contribution < -0.4 is 11.1 Å². The van der Waals surface area contributed by atoms with Gasteiger partial charge in [-0.2, -0.15) is 0 Å². The molecule has 4 N–H and O–H groups in total. The third-order valence-electron chi connectivity index (χ3n) is 6.34. The Morgan fingerprint density at radius 1 is 1.17 bits per heavy atom. The molecule has 2 atom stereocenters. The Labute approximate surface area is 213 Å². The van der Waals surface area contributed by atoms with Gasteiger partial charge in [-0.05, 0) is 49.2 Å². The summed E-state index contributed by atoms with van der Waals surface area (Å²) in [6, 6.07) is 9.69. The van der Waals surface area contributed by atoms with Crippen molar-refractivity contribution in [2.45, 2.75) is 31.4 Å². The molecule has 1 saturated heterocycles. The van der Waals surface area contributed by atoms with E-state index in [1.807, 2.05) is 24.3 Å². The summed E-state index contributed by atoms with van der Waals surface area (Å²) in [5.41, 5.74) is 5.74. The minimum Gasteiger partial charge on any atom is -0.386 e. The second-order valence-corrected chi connectivity index (χ2v) is 13.1. The zero-order chi connectivity index (χ0) is 26.3. The van der Waals surface area contributed by atoms with Crippen LogP contribution in [-0.4, -0.2) is 54.3 Å². The first kappa shape index (κ1) is 26.6. The second kappa shape index (κ2) is 10.1. The van der Waals surface area contributed by atoms with Crippen molar-refractivity contribution in [1.82, 2.24) is 4.90 Å². The Hall–Kier alpha value is -2.47. The summed E-state index contributed by atoms with van der Waals surface area (Å²) < 4.78 is 53.0. The number of thioether (sulfide) groups is 1. The Morgan fingerprint density at radius 3 is 2.28 bits per heavy atom. The molecule has 0 saturated carbocycles. The first-order valence-corrected chi connectivity index (χ1v) is 14.2. The quantitative estimate of drug-likeness (QED) is 0.498. The summed E-state index contributed by atoms with van der Waals surface area (Å²) in [6.07, 6.45) is 1.47. The maximum Gasteiger partial charge on any atom is 0.227 e. The normalized spacial score (nSPS) is 22.3. The number of nitrogens with two attached hydrogens (primary N) is 1. The summed E-state index contributed by atoms with van der Waals surface area (Å²) in [4.78, 5) is 14.5. The van der Waals surface area contributed by atoms with Crippen molar-refractivity contribution >= 4 is 38.1 Å². The Bertz CT molecular complexity index is 1250. The molecule has 2 aromatic carbocycles. The van der Waals surface area contributed by atoms with Crippen molar-refractivity contribution in [3.63, 3.8) is 0 Å². The van der Waals surface area contributed by atoms with Gasteiger partial charge in [0.15, 0.2) is 9.84 Å². The Kier molecular flexibility index (Phi) is 7.47. The molecule has 2 aromatic rings. The van der Waals surface area contributed by atoms with Gasteiger partial charge in [0.25, 0.3) is 0 Å². The number of primary amides is 1. The largest absolute Gasteiger partial charge is 0.386 e. The van der Waals surface area contributed by atoms with Gasteiger partial charge >= 0.3 is 0 Å². The molecule has 2 heterocycles. The summed E-state index contributed by atoms with van der Waals surface area (Å²) in [5.74, 6) is -2.75. The van der Waals surface area contributed by atoms with Crippen molar-refractivity contribution in [2.24, 2.45) is 11.7 Å². The van der Waals surface area contributed by atoms with Crippen LogP contribution in [0.2, 0.25) is 0 Å². The van der Waals surface area contributed by atoms with Crippen LogP contribution in [0.1, 0.15) is 30.5 Å². The number of nitrogens with one attached hydrogen (secondary N) is 1. The standard InChI is InChI=1S/C25H29F2N3O4S2/c1-25(2,32)16-11-19(26)22(20(27)12-16)21-13-18(23(28)31)24(35-21)29-17-5-3-15(4-6-17)14-30-7-9-36(33,34)10-8-30/h3-6,11-13,18,24,29,32H,7-10,14H2,1-2H3,(H2,28,31). The number of carbonyl (C=O) groups excluding carboxylic acids is 1. The number of halogens is 2. The zero-order valence-electron chi connectivity index (χ0n) is 20.0. The number of hydrogen-bond donors (Lipinski definition) is 3. The van der Waals surface area contributed by atoms with Crippen LogP contribution in [-0.2, 0) is 26.8 Å². The number of nitrogens with zero attached hydrogens (tertiary/aromatic N) is 1. The van der Waals surface area contributed by atoms with E-state index >= 15 is 0 Å². The van der Waals surface area contributed by atoms with Crippen LogP contribution in [0.15, 0.2) is 42.5 Å². The first-order valence-electron chi connectivity index (χ1n) is 11.5. The number of aliphatic hydroxyl groups is 1. The molecule has 0 spiro atoms. The minimum absolute atomic E-state index is 0.109. The molecule has 2 unspecified atom stereocenters. The first-order chi connectivity index (χ1) is 16.8. The summed E-state index contributed by atoms with van der Waals surface area (Å²) in [6.45, 7) is 4.51. The zero-order valence-corrected chi connectivity index (χ0v) is 21.6. The molecule has 11 heteroatoms. The van der Waals surface area contributed by atoms with E-state index < -0.39 is 44.3 Å². The smallest absolute Gasteiger partial charge is 0.227 e. The number of hydrogen-bond acceptors (Lipinski definition) is 7. The molecule has 1 fully saturated rings. The number of carbonyl (C=O) groups is 1. The number of amides is 1. The molecule has 2 aliphatic heterocycles. The third-order valence-corrected chi connectivity index (χ3v) is 9.21. The number of rotatable bonds is 7. The van der Waals surface area contributed by atoms with Crippen LogP contribution in [0, 0.1) is 17.6 Å². The lowest BCUT2D eigenvalue weighted by atomic mass is 9.96. The SMILES string of the molecule is CC(C)(O)c1cc(F)c(C2=CC(C(N)=O)C(Nc3ccc(CN4CCS(=O)(=O)CC4)cc3)S2)c(F)c1. The molecule has 0 aromatic heterocycles. The van der Waals surface area contributed by atoms with Crippen LogP contribution in [0.5, 0.6) is 0 Å². The summed E-state index contributed by atoms with van der Waals surface area (Å²) >= 11 is 1.11. The van der Waals surface area contributed by atoms with Gasteiger partial charge in [-0.15, -0.1) is 0 Å². The molecule has 36 heavy (non-hydrogen) atoms. The van der Waals surface area contributed by atoms with E-state index in [1.54, 1.807) is 0 Å². The highest BCUT2D eigenvalue weighted by Crippen LogP contribution is 2.45. The Morgan fingerprint density at radius 2 is 1.75 bits per heavy atom. The van der Waals surface area contributed by atoms with E-state index in [2.05, 4.69) is 10.2 Å². The molecular weight excluding hydrogens is 508 g/mol. The van der Waals surface area contributed by atoms with Gasteiger partial charge < -0.3 is 16.2 Å². The van der Waals surface area contributed by atoms with Gasteiger partial charge in [-0.3, -0.25) is 9.69 Å². The van der Waals surface area contributed by atoms with Gasteiger partial charge in [0, 0.05) is 30.2 Å². The average Bonchev–Trinajstić information content (AvgIpc) is 3.19. The lowest BCUT2D eigenvalue weighted by Crippen LogP contribution is -2.39. The molecule has 1 amide bonds. The van der Waals surface area contributed by atoms with Crippen LogP contribution in [0.25, 0.3) is 4.91 Å². The number of anilines is 1. The van der Waals surface area contributed by atoms with E-state index in [-0.39, 0.29) is 27.5 Å². The Balaban J connectivity index is 1.46. The van der Waals surface area contributed by atoms with Crippen LogP contribution >= 0.6 is 11.8 Å². The van der Waals surface area contributed by atoms with Gasteiger partial charge in [0.1, 0.15) is 11.6 Å². The van der Waals surface area contributed by atoms with E-state index in [1.165, 1.54) is 19.9 Å². The monoisotopic (exact) mass is 537 g/mol. The lowest BCUT2D eigenvalue weighted by molar-refractivity contribution is -0.120. The maximum absolute atomic E-state index is 14.9. The maximum atomic E-state index is 14.9. The van der Waals surface area contributed by atoms with E-state index in [0.717, 1.165) is 29.5 Å². The number of sulfone groups is 1. The van der Waals surface area contributed by atoms with Gasteiger partial charge in [0.05, 0.1) is 34.0 Å². The highest BCUT2D eigenvalue weighted by molar-refractivity contribution is 8.09. The summed E-state index contributed by atoms with van der Waals surface area (Å²) in [7, 11) is -2.93. The molecule has 4 rings (SSSR count). The molecular formula is C25H29F2N3O4S2. The van der Waals surface area contributed by atoms with Crippen molar-refractivity contribution in [3.05, 3.63) is 70.8 Å². The van der Waals surface area contributed by atoms with Gasteiger partial charge in [-0.1, -0.05) is 30.0 Å². The number of benzene rings is 2. The average molecular weight is 538 g/mol. The summed E-state index contributed by atoms with van der Waals surface area (Å²) in [5, 5.41) is 12.8. The fourth-order valence-corrected chi connectivity index (χ4v) is 6.83. The minimum atomic E-state index is -2.93. The van der Waals surface area contributed by atoms with Crippen LogP contribution in [0.3, 0.4) is 0 Å². The molecule has 194 valence electrons. The van der Waals surface area contributed by atoms with Gasteiger partial charge in [-0.25, -0.2) is 17.2 Å². The second-order valence-electron chi connectivity index (χ2n) is 9.64. The molecule has 0 radical (unpaired) electrons. The molecule has 2 aliphatic rings. The van der Waals surface area contributed by atoms with Crippen LogP contribution in [0.4, 0.5) is 14.5 Å². The van der Waals surface area contributed by atoms with Crippen molar-refractivity contribution in [2.75, 3.05) is 29.9 Å². The molecule has 0 aliphatic carbocycles. The van der Waals surface area contributed by atoms with Crippen molar-refractivity contribution in [1.29, 1.82) is 0 Å². The highest BCUT2D eigenvalue weighted by Gasteiger charge is 2.35. The third kappa shape index (κ3) is 6.08. The van der Waals surface area contributed by atoms with Crippen molar-refractivity contribution < 1.29 is 27.1 Å².